The molecule has 0 unspecified atom stereocenters. The van der Waals surface area contributed by atoms with E-state index in [1.54, 1.807) is 24.3 Å². The van der Waals surface area contributed by atoms with Gasteiger partial charge in [-0.15, -0.1) is 11.7 Å². The van der Waals surface area contributed by atoms with Gasteiger partial charge in [-0.1, -0.05) is 22.9 Å². The number of hydrogen-bond donors (Lipinski definition) is 2. The first-order chi connectivity index (χ1) is 6.63. The largest absolute Gasteiger partial charge is 0.475 e. The van der Waals surface area contributed by atoms with Gasteiger partial charge in [0.25, 0.3) is 0 Å². The van der Waals surface area contributed by atoms with Crippen molar-refractivity contribution >= 4 is 34.2 Å². The van der Waals surface area contributed by atoms with Crippen molar-refractivity contribution in [3.63, 3.8) is 0 Å². The second kappa shape index (κ2) is 5.07. The van der Waals surface area contributed by atoms with Crippen molar-refractivity contribution in [2.24, 2.45) is 0 Å². The van der Waals surface area contributed by atoms with Gasteiger partial charge < -0.3 is 5.11 Å². The number of benzene rings is 1. The number of aliphatic carboxylic acids is 1. The van der Waals surface area contributed by atoms with E-state index in [9.17, 15) is 9.59 Å². The minimum Gasteiger partial charge on any atom is -0.475 e. The summed E-state index contributed by atoms with van der Waals surface area (Å²) in [5, 5.41) is 8.38. The molecule has 14 heavy (non-hydrogen) atoms. The van der Waals surface area contributed by atoms with Crippen LogP contribution in [0.1, 0.15) is 5.56 Å². The van der Waals surface area contributed by atoms with Crippen LogP contribution in [-0.4, -0.2) is 16.9 Å². The van der Waals surface area contributed by atoms with Crippen LogP contribution in [-0.2, 0) is 16.0 Å². The Labute approximate surface area is 90.3 Å². The first-order valence-corrected chi connectivity index (χ1v) is 5.67. The van der Waals surface area contributed by atoms with Crippen LogP contribution < -0.4 is 0 Å². The lowest BCUT2D eigenvalue weighted by atomic mass is 10.1. The van der Waals surface area contributed by atoms with Crippen LogP contribution in [0, 0.1) is 0 Å². The monoisotopic (exact) mass is 228 g/mol. The number of hydrogen-bond acceptors (Lipinski definition) is 4. The van der Waals surface area contributed by atoms with E-state index in [0.29, 0.717) is 5.56 Å². The fraction of sp³-hybridized carbons (Fsp3) is 0.111. The molecule has 0 aliphatic carbocycles. The normalized spacial score (nSPS) is 9.79. The summed E-state index contributed by atoms with van der Waals surface area (Å²) >= 11 is 4.00. The number of carbonyl (C=O) groups excluding carboxylic acids is 1. The van der Waals surface area contributed by atoms with Crippen LogP contribution in [0.3, 0.4) is 0 Å². The number of rotatable bonds is 4. The molecular formula is C9H8O3S2. The summed E-state index contributed by atoms with van der Waals surface area (Å²) in [6.45, 7) is 0. The fourth-order valence-corrected chi connectivity index (χ4v) is 1.55. The predicted octanol–water partition coefficient (Wildman–Crippen LogP) is 1.82. The van der Waals surface area contributed by atoms with E-state index < -0.39 is 11.8 Å². The third-order valence-electron chi connectivity index (χ3n) is 1.63. The first-order valence-electron chi connectivity index (χ1n) is 3.80. The highest BCUT2D eigenvalue weighted by molar-refractivity contribution is 8.68. The molecule has 0 aliphatic rings. The standard InChI is InChI=1S/C9H8O3S2/c10-8(9(11)12)5-6-1-3-7(14-13)4-2-6/h1-4,13H,5H2,(H,11,12). The fourth-order valence-electron chi connectivity index (χ4n) is 0.929. The molecule has 0 bridgehead atoms. The minimum absolute atomic E-state index is 0.0626. The lowest BCUT2D eigenvalue weighted by molar-refractivity contribution is -0.148. The number of Topliss-reactive ketones (excluding diaryl/α,β-unsaturated/α-hetero) is 1. The molecule has 0 spiro atoms. The SMILES string of the molecule is O=C(O)C(=O)Cc1ccc(SS)cc1. The molecule has 0 atom stereocenters. The molecule has 0 heterocycles. The molecular weight excluding hydrogens is 220 g/mol. The van der Waals surface area contributed by atoms with Gasteiger partial charge in [0, 0.05) is 11.3 Å². The molecule has 1 rings (SSSR count). The van der Waals surface area contributed by atoms with E-state index in [1.807, 2.05) is 0 Å². The zero-order valence-electron chi connectivity index (χ0n) is 7.14. The van der Waals surface area contributed by atoms with Crippen LogP contribution in [0.2, 0.25) is 0 Å². The zero-order valence-corrected chi connectivity index (χ0v) is 8.85. The molecule has 0 saturated heterocycles. The molecule has 0 amide bonds. The number of thiol groups is 1. The van der Waals surface area contributed by atoms with Crippen LogP contribution >= 0.6 is 22.5 Å². The summed E-state index contributed by atoms with van der Waals surface area (Å²) in [6.07, 6.45) is -0.0626. The minimum atomic E-state index is -1.39. The van der Waals surface area contributed by atoms with Gasteiger partial charge >= 0.3 is 5.97 Å². The van der Waals surface area contributed by atoms with E-state index in [-0.39, 0.29) is 6.42 Å². The maximum Gasteiger partial charge on any atom is 0.372 e. The Kier molecular flexibility index (Phi) is 4.03. The van der Waals surface area contributed by atoms with Crippen molar-refractivity contribution in [1.82, 2.24) is 0 Å². The Morgan fingerprint density at radius 3 is 2.29 bits per heavy atom. The second-order valence-corrected chi connectivity index (χ2v) is 3.84. The summed E-state index contributed by atoms with van der Waals surface area (Å²) in [7, 11) is 1.30. The van der Waals surface area contributed by atoms with Crippen molar-refractivity contribution in [1.29, 1.82) is 0 Å². The molecule has 3 nitrogen and oxygen atoms in total. The average molecular weight is 228 g/mol. The van der Waals surface area contributed by atoms with Crippen molar-refractivity contribution < 1.29 is 14.7 Å². The molecule has 0 aromatic heterocycles. The van der Waals surface area contributed by atoms with E-state index in [2.05, 4.69) is 11.7 Å². The molecule has 1 aromatic carbocycles. The lowest BCUT2D eigenvalue weighted by Crippen LogP contribution is -2.14. The summed E-state index contributed by atoms with van der Waals surface area (Å²) < 4.78 is 0. The Balaban J connectivity index is 2.69. The van der Waals surface area contributed by atoms with Gasteiger partial charge in [-0.05, 0) is 17.7 Å². The summed E-state index contributed by atoms with van der Waals surface area (Å²) in [6, 6.07) is 7.03. The van der Waals surface area contributed by atoms with Gasteiger partial charge in [0.1, 0.15) is 0 Å². The van der Waals surface area contributed by atoms with Crippen molar-refractivity contribution in [2.45, 2.75) is 11.3 Å². The molecule has 1 aromatic rings. The predicted molar refractivity (Wildman–Crippen MR) is 57.6 cm³/mol. The van der Waals surface area contributed by atoms with Gasteiger partial charge in [-0.25, -0.2) is 4.79 Å². The zero-order chi connectivity index (χ0) is 10.6. The molecule has 1 N–H and O–H groups in total. The van der Waals surface area contributed by atoms with E-state index in [1.165, 1.54) is 10.8 Å². The van der Waals surface area contributed by atoms with Crippen LogP contribution in [0.25, 0.3) is 0 Å². The molecule has 0 fully saturated rings. The number of carboxylic acid groups (broad SMARTS) is 1. The Morgan fingerprint density at radius 2 is 1.86 bits per heavy atom. The van der Waals surface area contributed by atoms with Crippen LogP contribution in [0.15, 0.2) is 29.2 Å². The van der Waals surface area contributed by atoms with Gasteiger partial charge in [0.05, 0.1) is 0 Å². The molecule has 0 radical (unpaired) electrons. The van der Waals surface area contributed by atoms with Gasteiger partial charge in [0.2, 0.25) is 5.78 Å². The summed E-state index contributed by atoms with van der Waals surface area (Å²) in [4.78, 5) is 22.1. The smallest absolute Gasteiger partial charge is 0.372 e. The maximum atomic E-state index is 10.8. The number of carbonyl (C=O) groups is 2. The third kappa shape index (κ3) is 3.08. The molecule has 0 aliphatic heterocycles. The quantitative estimate of drug-likeness (QED) is 0.469. The average Bonchev–Trinajstić information content (AvgIpc) is 2.19. The Morgan fingerprint density at radius 1 is 1.29 bits per heavy atom. The highest BCUT2D eigenvalue weighted by atomic mass is 33.1. The molecule has 74 valence electrons. The first kappa shape index (κ1) is 11.1. The second-order valence-electron chi connectivity index (χ2n) is 2.64. The van der Waals surface area contributed by atoms with E-state index in [4.69, 9.17) is 5.11 Å². The van der Waals surface area contributed by atoms with E-state index in [0.717, 1.165) is 4.90 Å². The van der Waals surface area contributed by atoms with Gasteiger partial charge in [-0.2, -0.15) is 0 Å². The maximum absolute atomic E-state index is 10.8. The topological polar surface area (TPSA) is 54.4 Å². The molecule has 0 saturated carbocycles. The highest BCUT2D eigenvalue weighted by Gasteiger charge is 2.11. The summed E-state index contributed by atoms with van der Waals surface area (Å²) in [5.41, 5.74) is 0.698. The number of carboxylic acids is 1. The van der Waals surface area contributed by atoms with Crippen molar-refractivity contribution in [3.05, 3.63) is 29.8 Å². The molecule has 5 heteroatoms. The Bertz CT molecular complexity index is 346. The van der Waals surface area contributed by atoms with Crippen LogP contribution in [0.4, 0.5) is 0 Å². The van der Waals surface area contributed by atoms with Gasteiger partial charge in [-0.3, -0.25) is 4.79 Å². The third-order valence-corrected chi connectivity index (χ3v) is 2.75. The van der Waals surface area contributed by atoms with Gasteiger partial charge in [0.15, 0.2) is 0 Å². The van der Waals surface area contributed by atoms with Crippen molar-refractivity contribution in [3.8, 4) is 0 Å². The van der Waals surface area contributed by atoms with Crippen LogP contribution in [0.5, 0.6) is 0 Å². The lowest BCUT2D eigenvalue weighted by Gasteiger charge is -1.98. The summed E-state index contributed by atoms with van der Waals surface area (Å²) in [5.74, 6) is -2.19. The Hall–Kier alpha value is -0.940. The number of ketones is 1. The highest BCUT2D eigenvalue weighted by Crippen LogP contribution is 2.21. The van der Waals surface area contributed by atoms with E-state index >= 15 is 0 Å². The van der Waals surface area contributed by atoms with Crippen molar-refractivity contribution in [2.75, 3.05) is 0 Å².